The molecule has 0 unspecified atom stereocenters. The standard InChI is InChI=1S/C10H13NO2/c1-5-4-8(10(12)13)7(3)9(11)6(5)2/h4H,11H2,1-3H3,(H,12,13). The van der Waals surface area contributed by atoms with Crippen LogP contribution in [0.4, 0.5) is 5.69 Å². The first-order chi connectivity index (χ1) is 5.95. The number of carboxylic acids is 1. The second-order valence-corrected chi connectivity index (χ2v) is 3.21. The number of hydrogen-bond donors (Lipinski definition) is 2. The number of aromatic carboxylic acids is 1. The Labute approximate surface area is 77.2 Å². The van der Waals surface area contributed by atoms with Crippen molar-refractivity contribution in [3.63, 3.8) is 0 Å². The molecule has 3 heteroatoms. The molecule has 0 aromatic heterocycles. The molecule has 0 aliphatic rings. The molecule has 0 aliphatic carbocycles. The number of rotatable bonds is 1. The van der Waals surface area contributed by atoms with Crippen LogP contribution in [0.1, 0.15) is 27.0 Å². The Balaban J connectivity index is 3.50. The quantitative estimate of drug-likeness (QED) is 0.647. The van der Waals surface area contributed by atoms with Crippen molar-refractivity contribution < 1.29 is 9.90 Å². The van der Waals surface area contributed by atoms with Gasteiger partial charge in [0.2, 0.25) is 0 Å². The number of nitrogens with two attached hydrogens (primary N) is 1. The first-order valence-electron chi connectivity index (χ1n) is 4.04. The maximum absolute atomic E-state index is 10.8. The van der Waals surface area contributed by atoms with Gasteiger partial charge in [0.1, 0.15) is 0 Å². The van der Waals surface area contributed by atoms with Gasteiger partial charge in [0.25, 0.3) is 0 Å². The van der Waals surface area contributed by atoms with Gasteiger partial charge in [-0.2, -0.15) is 0 Å². The normalized spacial score (nSPS) is 10.1. The average molecular weight is 179 g/mol. The van der Waals surface area contributed by atoms with Crippen molar-refractivity contribution in [1.82, 2.24) is 0 Å². The zero-order valence-corrected chi connectivity index (χ0v) is 8.01. The lowest BCUT2D eigenvalue weighted by molar-refractivity contribution is 0.0696. The molecule has 0 bridgehead atoms. The lowest BCUT2D eigenvalue weighted by Crippen LogP contribution is -2.05. The Kier molecular flexibility index (Phi) is 2.28. The SMILES string of the molecule is Cc1cc(C(=O)O)c(C)c(N)c1C. The Hall–Kier alpha value is -1.51. The van der Waals surface area contributed by atoms with E-state index in [4.69, 9.17) is 10.8 Å². The number of aryl methyl sites for hydroxylation is 1. The second-order valence-electron chi connectivity index (χ2n) is 3.21. The van der Waals surface area contributed by atoms with E-state index in [-0.39, 0.29) is 0 Å². The number of carbonyl (C=O) groups is 1. The highest BCUT2D eigenvalue weighted by Gasteiger charge is 2.12. The van der Waals surface area contributed by atoms with Gasteiger partial charge in [0.15, 0.2) is 0 Å². The molecule has 0 radical (unpaired) electrons. The van der Waals surface area contributed by atoms with Crippen LogP contribution in [0.3, 0.4) is 0 Å². The molecule has 3 nitrogen and oxygen atoms in total. The lowest BCUT2D eigenvalue weighted by atomic mass is 9.98. The summed E-state index contributed by atoms with van der Waals surface area (Å²) < 4.78 is 0. The second kappa shape index (κ2) is 3.09. The van der Waals surface area contributed by atoms with Gasteiger partial charge in [-0.05, 0) is 43.5 Å². The van der Waals surface area contributed by atoms with Crippen LogP contribution in [-0.4, -0.2) is 11.1 Å². The van der Waals surface area contributed by atoms with Crippen molar-refractivity contribution in [3.8, 4) is 0 Å². The summed E-state index contributed by atoms with van der Waals surface area (Å²) in [7, 11) is 0. The van der Waals surface area contributed by atoms with Crippen molar-refractivity contribution in [3.05, 3.63) is 28.3 Å². The average Bonchev–Trinajstić information content (AvgIpc) is 2.07. The molecule has 0 spiro atoms. The van der Waals surface area contributed by atoms with Gasteiger partial charge in [-0.1, -0.05) is 0 Å². The van der Waals surface area contributed by atoms with Crippen LogP contribution in [0.5, 0.6) is 0 Å². The molecular weight excluding hydrogens is 166 g/mol. The van der Waals surface area contributed by atoms with Gasteiger partial charge < -0.3 is 10.8 Å². The van der Waals surface area contributed by atoms with E-state index in [0.29, 0.717) is 16.8 Å². The van der Waals surface area contributed by atoms with Gasteiger partial charge in [0, 0.05) is 5.69 Å². The van der Waals surface area contributed by atoms with Gasteiger partial charge in [0.05, 0.1) is 5.56 Å². The Morgan fingerprint density at radius 2 is 1.85 bits per heavy atom. The summed E-state index contributed by atoms with van der Waals surface area (Å²) in [5.41, 5.74) is 9.16. The minimum Gasteiger partial charge on any atom is -0.478 e. The summed E-state index contributed by atoms with van der Waals surface area (Å²) in [5.74, 6) is -0.924. The summed E-state index contributed by atoms with van der Waals surface area (Å²) >= 11 is 0. The predicted molar refractivity (Wildman–Crippen MR) is 52.0 cm³/mol. The van der Waals surface area contributed by atoms with Gasteiger partial charge in [-0.3, -0.25) is 0 Å². The first-order valence-corrected chi connectivity index (χ1v) is 4.04. The number of benzene rings is 1. The third-order valence-corrected chi connectivity index (χ3v) is 2.39. The van der Waals surface area contributed by atoms with E-state index in [1.54, 1.807) is 13.0 Å². The van der Waals surface area contributed by atoms with Crippen molar-refractivity contribution >= 4 is 11.7 Å². The van der Waals surface area contributed by atoms with E-state index >= 15 is 0 Å². The molecule has 0 atom stereocenters. The van der Waals surface area contributed by atoms with E-state index in [1.807, 2.05) is 13.8 Å². The Bertz CT molecular complexity index is 370. The number of hydrogen-bond acceptors (Lipinski definition) is 2. The van der Waals surface area contributed by atoms with Crippen molar-refractivity contribution in [2.45, 2.75) is 20.8 Å². The third-order valence-electron chi connectivity index (χ3n) is 2.39. The smallest absolute Gasteiger partial charge is 0.336 e. The van der Waals surface area contributed by atoms with Crippen molar-refractivity contribution in [2.75, 3.05) is 5.73 Å². The number of anilines is 1. The fourth-order valence-corrected chi connectivity index (χ4v) is 1.29. The molecule has 70 valence electrons. The van der Waals surface area contributed by atoms with Crippen molar-refractivity contribution in [2.24, 2.45) is 0 Å². The molecule has 0 saturated carbocycles. The highest BCUT2D eigenvalue weighted by molar-refractivity contribution is 5.91. The monoisotopic (exact) mass is 179 g/mol. The number of carboxylic acid groups (broad SMARTS) is 1. The Morgan fingerprint density at radius 1 is 1.31 bits per heavy atom. The van der Waals surface area contributed by atoms with Gasteiger partial charge in [-0.25, -0.2) is 4.79 Å². The molecule has 0 aliphatic heterocycles. The minimum absolute atomic E-state index is 0.292. The van der Waals surface area contributed by atoms with Gasteiger partial charge in [-0.15, -0.1) is 0 Å². The fourth-order valence-electron chi connectivity index (χ4n) is 1.29. The molecular formula is C10H13NO2. The summed E-state index contributed by atoms with van der Waals surface area (Å²) in [5, 5.41) is 8.85. The van der Waals surface area contributed by atoms with Crippen LogP contribution in [-0.2, 0) is 0 Å². The third kappa shape index (κ3) is 1.49. The molecule has 1 aromatic carbocycles. The molecule has 0 saturated heterocycles. The molecule has 13 heavy (non-hydrogen) atoms. The zero-order chi connectivity index (χ0) is 10.2. The van der Waals surface area contributed by atoms with E-state index < -0.39 is 5.97 Å². The summed E-state index contributed by atoms with van der Waals surface area (Å²) in [6.45, 7) is 5.48. The first kappa shape index (κ1) is 9.58. The van der Waals surface area contributed by atoms with Crippen LogP contribution in [0, 0.1) is 20.8 Å². The summed E-state index contributed by atoms with van der Waals surface area (Å²) in [4.78, 5) is 10.8. The molecule has 3 N–H and O–H groups in total. The number of nitrogen functional groups attached to an aromatic ring is 1. The van der Waals surface area contributed by atoms with Crippen LogP contribution in [0.15, 0.2) is 6.07 Å². The van der Waals surface area contributed by atoms with Gasteiger partial charge >= 0.3 is 5.97 Å². The van der Waals surface area contributed by atoms with Crippen molar-refractivity contribution in [1.29, 1.82) is 0 Å². The highest BCUT2D eigenvalue weighted by atomic mass is 16.4. The van der Waals surface area contributed by atoms with E-state index in [9.17, 15) is 4.79 Å². The topological polar surface area (TPSA) is 63.3 Å². The zero-order valence-electron chi connectivity index (χ0n) is 8.01. The largest absolute Gasteiger partial charge is 0.478 e. The maximum atomic E-state index is 10.8. The maximum Gasteiger partial charge on any atom is 0.336 e. The Morgan fingerprint density at radius 3 is 2.31 bits per heavy atom. The molecule has 0 heterocycles. The van der Waals surface area contributed by atoms with E-state index in [0.717, 1.165) is 11.1 Å². The fraction of sp³-hybridized carbons (Fsp3) is 0.300. The van der Waals surface area contributed by atoms with E-state index in [1.165, 1.54) is 0 Å². The van der Waals surface area contributed by atoms with Crippen LogP contribution in [0.2, 0.25) is 0 Å². The van der Waals surface area contributed by atoms with Crippen LogP contribution >= 0.6 is 0 Å². The molecule has 0 fully saturated rings. The molecule has 1 aromatic rings. The van der Waals surface area contributed by atoms with E-state index in [2.05, 4.69) is 0 Å². The summed E-state index contributed by atoms with van der Waals surface area (Å²) in [6.07, 6.45) is 0. The van der Waals surface area contributed by atoms with Crippen LogP contribution < -0.4 is 5.73 Å². The molecule has 0 amide bonds. The molecule has 1 rings (SSSR count). The highest BCUT2D eigenvalue weighted by Crippen LogP contribution is 2.23. The predicted octanol–water partition coefficient (Wildman–Crippen LogP) is 1.89. The van der Waals surface area contributed by atoms with Crippen LogP contribution in [0.25, 0.3) is 0 Å². The minimum atomic E-state index is -0.924. The summed E-state index contributed by atoms with van der Waals surface area (Å²) in [6, 6.07) is 1.66. The lowest BCUT2D eigenvalue weighted by Gasteiger charge is -2.10.